The van der Waals surface area contributed by atoms with Crippen LogP contribution >= 0.6 is 23.2 Å². The van der Waals surface area contributed by atoms with E-state index in [2.05, 4.69) is 0 Å². The largest absolute Gasteiger partial charge is 0.462 e. The molecule has 0 aromatic heterocycles. The summed E-state index contributed by atoms with van der Waals surface area (Å²) >= 11 is 11.8. The first-order valence-corrected chi connectivity index (χ1v) is 16.1. The molecule has 4 rings (SSSR count). The predicted octanol–water partition coefficient (Wildman–Crippen LogP) is 11.0. The number of hydrogen-bond acceptors (Lipinski definition) is 10. The Morgan fingerprint density at radius 3 is 1.26 bits per heavy atom. The monoisotopic (exact) mass is 804 g/mol. The number of nitrogens with zero attached hydrogens (tertiary/aromatic N) is 2. The van der Waals surface area contributed by atoms with Crippen LogP contribution in [0.1, 0.15) is 57.5 Å². The van der Waals surface area contributed by atoms with Crippen LogP contribution in [0.4, 0.5) is 37.7 Å². The fourth-order valence-electron chi connectivity index (χ4n) is 4.62. The first-order chi connectivity index (χ1) is 25.3. The van der Waals surface area contributed by atoms with Crippen LogP contribution in [0.5, 0.6) is 23.0 Å². The van der Waals surface area contributed by atoms with Gasteiger partial charge < -0.3 is 18.9 Å². The second kappa shape index (κ2) is 17.5. The molecular formula is C34H24Cl2F6N2O10. The Hall–Kier alpha value is -5.62. The standard InChI is InChI=1S/C34H24Cl2F6N2O10/c35-25-15-19(33(37,38)39)5-11-29(25)53-21-7-9-27(43(47)48)23(17-21)31(45)51-13-3-1-2-4-14-52-32(46)24-18-22(8-10-28(24)44(49)50)54-30-12-6-20(16-26(30)36)34(40,41)42/h5-12,15-18H,1-4,13-14H2. The van der Waals surface area contributed by atoms with Crippen molar-refractivity contribution in [2.24, 2.45) is 0 Å². The number of nitro groups is 2. The Labute approximate surface area is 310 Å². The third-order valence-electron chi connectivity index (χ3n) is 7.25. The number of esters is 2. The van der Waals surface area contributed by atoms with Gasteiger partial charge in [-0.2, -0.15) is 26.3 Å². The highest BCUT2D eigenvalue weighted by Crippen LogP contribution is 2.39. The van der Waals surface area contributed by atoms with Crippen molar-refractivity contribution in [1.29, 1.82) is 0 Å². The smallest absolute Gasteiger partial charge is 0.416 e. The molecule has 0 spiro atoms. The van der Waals surface area contributed by atoms with E-state index in [1.54, 1.807) is 0 Å². The zero-order valence-electron chi connectivity index (χ0n) is 27.2. The van der Waals surface area contributed by atoms with Crippen LogP contribution in [0.25, 0.3) is 0 Å². The molecular weight excluding hydrogens is 781 g/mol. The van der Waals surface area contributed by atoms with Gasteiger partial charge in [0.05, 0.1) is 44.2 Å². The number of rotatable bonds is 15. The van der Waals surface area contributed by atoms with Crippen LogP contribution in [-0.2, 0) is 21.8 Å². The van der Waals surface area contributed by atoms with Crippen molar-refractivity contribution in [2.75, 3.05) is 13.2 Å². The Kier molecular flexibility index (Phi) is 13.3. The van der Waals surface area contributed by atoms with Gasteiger partial charge in [-0.3, -0.25) is 20.2 Å². The van der Waals surface area contributed by atoms with Crippen LogP contribution in [0.15, 0.2) is 72.8 Å². The highest BCUT2D eigenvalue weighted by molar-refractivity contribution is 6.32. The third-order valence-corrected chi connectivity index (χ3v) is 7.84. The predicted molar refractivity (Wildman–Crippen MR) is 178 cm³/mol. The second-order valence-corrected chi connectivity index (χ2v) is 11.9. The topological polar surface area (TPSA) is 157 Å². The molecule has 0 saturated heterocycles. The van der Waals surface area contributed by atoms with E-state index in [9.17, 15) is 56.2 Å². The summed E-state index contributed by atoms with van der Waals surface area (Å²) in [5, 5.41) is 22.2. The summed E-state index contributed by atoms with van der Waals surface area (Å²) in [5.41, 5.74) is -4.26. The van der Waals surface area contributed by atoms with Crippen LogP contribution in [0.2, 0.25) is 10.0 Å². The van der Waals surface area contributed by atoms with Crippen molar-refractivity contribution in [3.63, 3.8) is 0 Å². The van der Waals surface area contributed by atoms with Gasteiger partial charge in [0.15, 0.2) is 0 Å². The van der Waals surface area contributed by atoms with E-state index in [-0.39, 0.29) is 49.1 Å². The number of carbonyl (C=O) groups excluding carboxylic acids is 2. The maximum atomic E-state index is 12.9. The van der Waals surface area contributed by atoms with Crippen molar-refractivity contribution in [3.05, 3.63) is 125 Å². The van der Waals surface area contributed by atoms with Crippen molar-refractivity contribution < 1.29 is 64.7 Å². The summed E-state index contributed by atoms with van der Waals surface area (Å²) in [7, 11) is 0. The van der Waals surface area contributed by atoms with Gasteiger partial charge in [0.1, 0.15) is 34.1 Å². The molecule has 0 aliphatic rings. The molecule has 4 aromatic rings. The summed E-state index contributed by atoms with van der Waals surface area (Å²) in [6.07, 6.45) is -7.89. The number of hydrogen-bond donors (Lipinski definition) is 0. The first kappa shape index (κ1) is 41.1. The zero-order valence-corrected chi connectivity index (χ0v) is 28.7. The summed E-state index contributed by atoms with van der Waals surface area (Å²) < 4.78 is 98.8. The molecule has 0 saturated carbocycles. The van der Waals surface area contributed by atoms with Crippen LogP contribution in [0, 0.1) is 20.2 Å². The first-order valence-electron chi connectivity index (χ1n) is 15.4. The number of nitro benzene ring substituents is 2. The molecule has 20 heteroatoms. The molecule has 0 fully saturated rings. The van der Waals surface area contributed by atoms with Gasteiger partial charge in [0.25, 0.3) is 11.4 Å². The van der Waals surface area contributed by atoms with E-state index in [1.807, 2.05) is 0 Å². The highest BCUT2D eigenvalue weighted by Gasteiger charge is 2.32. The SMILES string of the molecule is O=C(OCCCCCCOC(=O)c1cc(Oc2ccc(C(F)(F)F)cc2Cl)ccc1[N+](=O)[O-])c1cc(Oc2ccc(C(F)(F)F)cc2Cl)ccc1[N+](=O)[O-]. The average Bonchev–Trinajstić information content (AvgIpc) is 3.09. The van der Waals surface area contributed by atoms with Gasteiger partial charge in [0, 0.05) is 24.3 Å². The highest BCUT2D eigenvalue weighted by atomic mass is 35.5. The van der Waals surface area contributed by atoms with Crippen molar-refractivity contribution in [2.45, 2.75) is 38.0 Å². The molecule has 54 heavy (non-hydrogen) atoms. The quantitative estimate of drug-likeness (QED) is 0.0372. The van der Waals surface area contributed by atoms with E-state index in [0.29, 0.717) is 25.0 Å². The minimum absolute atomic E-state index is 0.142. The van der Waals surface area contributed by atoms with E-state index in [4.69, 9.17) is 42.1 Å². The molecule has 0 amide bonds. The van der Waals surface area contributed by atoms with E-state index in [0.717, 1.165) is 60.7 Å². The summed E-state index contributed by atoms with van der Waals surface area (Å²) in [6.45, 7) is -0.346. The molecule has 0 aliphatic carbocycles. The number of carbonyl (C=O) groups is 2. The molecule has 286 valence electrons. The summed E-state index contributed by atoms with van der Waals surface area (Å²) in [5.74, 6) is -2.84. The maximum absolute atomic E-state index is 12.9. The lowest BCUT2D eigenvalue weighted by Gasteiger charge is -2.12. The van der Waals surface area contributed by atoms with Gasteiger partial charge in [-0.15, -0.1) is 0 Å². The zero-order chi connectivity index (χ0) is 39.8. The van der Waals surface area contributed by atoms with Gasteiger partial charge in [-0.1, -0.05) is 23.2 Å². The maximum Gasteiger partial charge on any atom is 0.416 e. The van der Waals surface area contributed by atoms with Crippen molar-refractivity contribution in [1.82, 2.24) is 0 Å². The van der Waals surface area contributed by atoms with E-state index in [1.165, 1.54) is 0 Å². The number of halogens is 8. The minimum Gasteiger partial charge on any atom is -0.462 e. The fraction of sp³-hybridized carbons (Fsp3) is 0.235. The summed E-state index contributed by atoms with van der Waals surface area (Å²) in [4.78, 5) is 46.8. The lowest BCUT2D eigenvalue weighted by atomic mass is 10.1. The second-order valence-electron chi connectivity index (χ2n) is 11.0. The normalized spacial score (nSPS) is 11.5. The number of unbranched alkanes of at least 4 members (excludes halogenated alkanes) is 3. The molecule has 0 atom stereocenters. The number of alkyl halides is 6. The van der Waals surface area contributed by atoms with Crippen LogP contribution < -0.4 is 9.47 Å². The molecule has 4 aromatic carbocycles. The van der Waals surface area contributed by atoms with E-state index >= 15 is 0 Å². The minimum atomic E-state index is -4.66. The molecule has 0 radical (unpaired) electrons. The molecule has 0 heterocycles. The fourth-order valence-corrected chi connectivity index (χ4v) is 5.06. The van der Waals surface area contributed by atoms with Crippen molar-refractivity contribution in [3.8, 4) is 23.0 Å². The van der Waals surface area contributed by atoms with Crippen LogP contribution in [0.3, 0.4) is 0 Å². The molecule has 12 nitrogen and oxygen atoms in total. The molecule has 0 aliphatic heterocycles. The molecule has 0 unspecified atom stereocenters. The molecule has 0 N–H and O–H groups in total. The molecule has 0 bridgehead atoms. The Bertz CT molecular complexity index is 1920. The number of ether oxygens (including phenoxy) is 4. The van der Waals surface area contributed by atoms with Gasteiger partial charge in [-0.25, -0.2) is 9.59 Å². The number of benzene rings is 4. The van der Waals surface area contributed by atoms with E-state index < -0.39 is 77.8 Å². The third kappa shape index (κ3) is 11.0. The lowest BCUT2D eigenvalue weighted by molar-refractivity contribution is -0.385. The lowest BCUT2D eigenvalue weighted by Crippen LogP contribution is -2.10. The van der Waals surface area contributed by atoms with Crippen molar-refractivity contribution >= 4 is 46.5 Å². The van der Waals surface area contributed by atoms with Gasteiger partial charge >= 0.3 is 24.3 Å². The summed E-state index contributed by atoms with van der Waals surface area (Å²) in [6, 6.07) is 10.8. The van der Waals surface area contributed by atoms with Crippen LogP contribution in [-0.4, -0.2) is 35.0 Å². The average molecular weight is 805 g/mol. The van der Waals surface area contributed by atoms with Gasteiger partial charge in [-0.05, 0) is 74.2 Å². The Morgan fingerprint density at radius 1 is 0.574 bits per heavy atom. The Morgan fingerprint density at radius 2 is 0.944 bits per heavy atom. The Balaban J connectivity index is 1.26. The van der Waals surface area contributed by atoms with Gasteiger partial charge in [0.2, 0.25) is 0 Å².